The topological polar surface area (TPSA) is 64.4 Å². The molecule has 0 N–H and O–H groups in total. The van der Waals surface area contributed by atoms with Gasteiger partial charge in [0.1, 0.15) is 5.56 Å². The lowest BCUT2D eigenvalue weighted by atomic mass is 10.0. The predicted octanol–water partition coefficient (Wildman–Crippen LogP) is 4.01. The molecule has 1 saturated heterocycles. The molecule has 1 fully saturated rings. The average Bonchev–Trinajstić information content (AvgIpc) is 2.75. The van der Waals surface area contributed by atoms with Crippen LogP contribution >= 0.6 is 22.6 Å². The van der Waals surface area contributed by atoms with E-state index in [2.05, 4.69) is 37.0 Å². The highest BCUT2D eigenvalue weighted by molar-refractivity contribution is 14.1. The van der Waals surface area contributed by atoms with Gasteiger partial charge in [0, 0.05) is 46.7 Å². The number of benzene rings is 1. The van der Waals surface area contributed by atoms with Crippen molar-refractivity contribution in [2.24, 2.45) is 0 Å². The Bertz CT molecular complexity index is 1110. The van der Waals surface area contributed by atoms with Crippen LogP contribution in [0.4, 0.5) is 0 Å². The van der Waals surface area contributed by atoms with E-state index in [9.17, 15) is 9.59 Å². The van der Waals surface area contributed by atoms with Gasteiger partial charge in [-0.3, -0.25) is 14.7 Å². The Hall–Kier alpha value is -2.26. The average molecular weight is 517 g/mol. The summed E-state index contributed by atoms with van der Waals surface area (Å²) < 4.78 is 8.23. The maximum absolute atomic E-state index is 13.0. The summed E-state index contributed by atoms with van der Waals surface area (Å²) in [6.45, 7) is 4.73. The number of pyridine rings is 2. The van der Waals surface area contributed by atoms with E-state index in [1.54, 1.807) is 13.1 Å². The predicted molar refractivity (Wildman–Crippen MR) is 125 cm³/mol. The van der Waals surface area contributed by atoms with Crippen molar-refractivity contribution in [3.63, 3.8) is 0 Å². The highest BCUT2D eigenvalue weighted by Gasteiger charge is 2.25. The van der Waals surface area contributed by atoms with E-state index in [4.69, 9.17) is 4.74 Å². The van der Waals surface area contributed by atoms with Crippen molar-refractivity contribution < 1.29 is 9.53 Å². The van der Waals surface area contributed by atoms with Crippen LogP contribution in [-0.4, -0.2) is 40.1 Å². The van der Waals surface area contributed by atoms with Gasteiger partial charge in [-0.1, -0.05) is 0 Å². The number of rotatable bonds is 5. The maximum Gasteiger partial charge on any atom is 0.343 e. The molecule has 0 bridgehead atoms. The van der Waals surface area contributed by atoms with Crippen molar-refractivity contribution in [3.05, 3.63) is 73.8 Å². The zero-order chi connectivity index (χ0) is 21.1. The van der Waals surface area contributed by atoms with Gasteiger partial charge in [-0.05, 0) is 84.8 Å². The molecule has 156 valence electrons. The van der Waals surface area contributed by atoms with Crippen LogP contribution in [0.15, 0.2) is 53.7 Å². The number of aromatic nitrogens is 2. The monoisotopic (exact) mass is 517 g/mol. The van der Waals surface area contributed by atoms with Crippen LogP contribution in [0.1, 0.15) is 41.7 Å². The highest BCUT2D eigenvalue weighted by atomic mass is 127. The van der Waals surface area contributed by atoms with Crippen LogP contribution in [0.3, 0.4) is 0 Å². The summed E-state index contributed by atoms with van der Waals surface area (Å²) in [5, 5.41) is 0.568. The van der Waals surface area contributed by atoms with Gasteiger partial charge >= 0.3 is 5.97 Å². The van der Waals surface area contributed by atoms with Crippen LogP contribution in [0.25, 0.3) is 10.9 Å². The van der Waals surface area contributed by atoms with Gasteiger partial charge in [-0.2, -0.15) is 0 Å². The molecule has 0 spiro atoms. The van der Waals surface area contributed by atoms with E-state index in [-0.39, 0.29) is 23.6 Å². The van der Waals surface area contributed by atoms with Gasteiger partial charge in [0.05, 0.1) is 12.1 Å². The van der Waals surface area contributed by atoms with Gasteiger partial charge < -0.3 is 9.30 Å². The number of nitrogens with zero attached hydrogens (tertiary/aromatic N) is 3. The molecule has 0 amide bonds. The Labute approximate surface area is 189 Å². The first-order valence-electron chi connectivity index (χ1n) is 10.2. The summed E-state index contributed by atoms with van der Waals surface area (Å²) in [5.41, 5.74) is 1.95. The molecule has 7 heteroatoms. The summed E-state index contributed by atoms with van der Waals surface area (Å²) in [5.74, 6) is -0.554. The van der Waals surface area contributed by atoms with E-state index in [0.717, 1.165) is 41.6 Å². The molecule has 1 aromatic carbocycles. The molecule has 1 aliphatic heterocycles. The van der Waals surface area contributed by atoms with E-state index in [1.165, 1.54) is 5.56 Å². The van der Waals surface area contributed by atoms with E-state index in [0.29, 0.717) is 5.39 Å². The lowest BCUT2D eigenvalue weighted by molar-refractivity contribution is 0.0523. The van der Waals surface area contributed by atoms with E-state index in [1.807, 2.05) is 42.7 Å². The zero-order valence-electron chi connectivity index (χ0n) is 16.9. The standard InChI is InChI=1S/C23H24IN3O3/c1-2-30-23(29)20-15-27(21-6-5-17(24)12-19(21)22(20)28)18-4-3-11-26(14-18)13-16-7-9-25-10-8-16/h5-10,12,15,18H,2-4,11,13-14H2,1H3. The molecule has 3 heterocycles. The van der Waals surface area contributed by atoms with Crippen molar-refractivity contribution in [3.8, 4) is 0 Å². The van der Waals surface area contributed by atoms with Crippen molar-refractivity contribution in [1.82, 2.24) is 14.5 Å². The number of carbonyl (C=O) groups is 1. The van der Waals surface area contributed by atoms with Gasteiger partial charge in [0.25, 0.3) is 0 Å². The Morgan fingerprint density at radius 2 is 2.07 bits per heavy atom. The second-order valence-corrected chi connectivity index (χ2v) is 8.79. The third-order valence-electron chi connectivity index (χ3n) is 5.52. The Balaban J connectivity index is 1.72. The van der Waals surface area contributed by atoms with Crippen molar-refractivity contribution in [2.45, 2.75) is 32.4 Å². The van der Waals surface area contributed by atoms with Crippen molar-refractivity contribution in [2.75, 3.05) is 19.7 Å². The molecule has 2 aromatic heterocycles. The number of likely N-dealkylation sites (tertiary alicyclic amines) is 1. The largest absolute Gasteiger partial charge is 0.462 e. The fraction of sp³-hybridized carbons (Fsp3) is 0.348. The second-order valence-electron chi connectivity index (χ2n) is 7.55. The molecule has 0 saturated carbocycles. The van der Waals surface area contributed by atoms with Crippen LogP contribution in [0.5, 0.6) is 0 Å². The normalized spacial score (nSPS) is 17.2. The number of fused-ring (bicyclic) bond motifs is 1. The smallest absolute Gasteiger partial charge is 0.343 e. The first-order valence-corrected chi connectivity index (χ1v) is 11.3. The van der Waals surface area contributed by atoms with E-state index < -0.39 is 5.97 Å². The molecular formula is C23H24IN3O3. The number of carbonyl (C=O) groups excluding carboxylic acids is 1. The summed E-state index contributed by atoms with van der Waals surface area (Å²) >= 11 is 2.19. The lowest BCUT2D eigenvalue weighted by Crippen LogP contribution is -2.37. The van der Waals surface area contributed by atoms with Crippen LogP contribution in [0, 0.1) is 3.57 Å². The van der Waals surface area contributed by atoms with Gasteiger partial charge in [0.2, 0.25) is 5.43 Å². The lowest BCUT2D eigenvalue weighted by Gasteiger charge is -2.35. The number of halogens is 1. The molecule has 1 unspecified atom stereocenters. The second kappa shape index (κ2) is 9.26. The van der Waals surface area contributed by atoms with Crippen LogP contribution in [0.2, 0.25) is 0 Å². The van der Waals surface area contributed by atoms with Crippen LogP contribution < -0.4 is 5.43 Å². The summed E-state index contributed by atoms with van der Waals surface area (Å²) in [7, 11) is 0. The van der Waals surface area contributed by atoms with Gasteiger partial charge in [0.15, 0.2) is 0 Å². The first-order chi connectivity index (χ1) is 14.6. The van der Waals surface area contributed by atoms with Gasteiger partial charge in [-0.25, -0.2) is 4.79 Å². The Morgan fingerprint density at radius 1 is 1.27 bits per heavy atom. The molecule has 1 atom stereocenters. The molecular weight excluding hydrogens is 493 g/mol. The summed E-state index contributed by atoms with van der Waals surface area (Å²) in [6, 6.07) is 10.1. The summed E-state index contributed by atoms with van der Waals surface area (Å²) in [6.07, 6.45) is 7.40. The Kier molecular flexibility index (Phi) is 6.48. The number of hydrogen-bond donors (Lipinski definition) is 0. The molecule has 3 aromatic rings. The fourth-order valence-corrected chi connectivity index (χ4v) is 4.62. The molecule has 0 aliphatic carbocycles. The molecule has 6 nitrogen and oxygen atoms in total. The molecule has 0 radical (unpaired) electrons. The minimum atomic E-state index is -0.554. The number of ether oxygens (including phenoxy) is 1. The van der Waals surface area contributed by atoms with Crippen LogP contribution in [-0.2, 0) is 11.3 Å². The van der Waals surface area contributed by atoms with Gasteiger partial charge in [-0.15, -0.1) is 0 Å². The summed E-state index contributed by atoms with van der Waals surface area (Å²) in [4.78, 5) is 32.0. The minimum absolute atomic E-state index is 0.109. The zero-order valence-corrected chi connectivity index (χ0v) is 19.0. The molecule has 1 aliphatic rings. The number of hydrogen-bond acceptors (Lipinski definition) is 5. The van der Waals surface area contributed by atoms with E-state index >= 15 is 0 Å². The number of piperidine rings is 1. The Morgan fingerprint density at radius 3 is 2.83 bits per heavy atom. The fourth-order valence-electron chi connectivity index (χ4n) is 4.13. The maximum atomic E-state index is 13.0. The number of esters is 1. The third-order valence-corrected chi connectivity index (χ3v) is 6.19. The molecule has 30 heavy (non-hydrogen) atoms. The van der Waals surface area contributed by atoms with Crippen molar-refractivity contribution in [1.29, 1.82) is 0 Å². The quantitative estimate of drug-likeness (QED) is 0.378. The minimum Gasteiger partial charge on any atom is -0.462 e. The van der Waals surface area contributed by atoms with Crippen molar-refractivity contribution >= 4 is 39.5 Å². The first kappa shape index (κ1) is 21.0. The highest BCUT2D eigenvalue weighted by Crippen LogP contribution is 2.27. The molecule has 4 rings (SSSR count). The SMILES string of the molecule is CCOC(=O)c1cn(C2CCCN(Cc3ccncc3)C2)c2ccc(I)cc2c1=O. The third kappa shape index (κ3) is 4.41.